The van der Waals surface area contributed by atoms with Crippen molar-refractivity contribution in [1.29, 1.82) is 0 Å². The number of nitrogens with one attached hydrogen (secondary N) is 2. The minimum Gasteiger partial charge on any atom is -0.493 e. The molecule has 1 amide bonds. The molecule has 3 aromatic rings. The molecule has 1 aliphatic carbocycles. The number of amides is 1. The van der Waals surface area contributed by atoms with E-state index in [1.807, 2.05) is 43.3 Å². The predicted octanol–water partition coefficient (Wildman–Crippen LogP) is 4.22. The zero-order chi connectivity index (χ0) is 20.2. The van der Waals surface area contributed by atoms with Crippen molar-refractivity contribution in [3.05, 3.63) is 58.8 Å². The van der Waals surface area contributed by atoms with Gasteiger partial charge in [-0.05, 0) is 68.5 Å². The molecule has 0 aliphatic heterocycles. The molecular weight excluding hydrogens is 366 g/mol. The van der Waals surface area contributed by atoms with Crippen molar-refractivity contribution in [3.63, 3.8) is 0 Å². The molecule has 0 fully saturated rings. The number of fused-ring (bicyclic) bond motifs is 3. The van der Waals surface area contributed by atoms with Gasteiger partial charge < -0.3 is 14.5 Å². The number of hydrazone groups is 1. The molecule has 6 nitrogen and oxygen atoms in total. The number of para-hydroxylation sites is 1. The number of rotatable bonds is 6. The number of hydrogen-bond acceptors (Lipinski definition) is 4. The minimum atomic E-state index is -0.241. The smallest absolute Gasteiger partial charge is 0.271 e. The Balaban J connectivity index is 1.53. The first kappa shape index (κ1) is 19.1. The highest BCUT2D eigenvalue weighted by molar-refractivity contribution is 5.99. The molecule has 29 heavy (non-hydrogen) atoms. The summed E-state index contributed by atoms with van der Waals surface area (Å²) in [6, 6.07) is 11.3. The van der Waals surface area contributed by atoms with Gasteiger partial charge in [-0.1, -0.05) is 6.07 Å². The van der Waals surface area contributed by atoms with Crippen LogP contribution in [0.4, 0.5) is 0 Å². The van der Waals surface area contributed by atoms with Crippen LogP contribution in [-0.4, -0.2) is 30.8 Å². The van der Waals surface area contributed by atoms with Crippen LogP contribution in [-0.2, 0) is 12.8 Å². The Labute approximate surface area is 169 Å². The number of methoxy groups -OCH3 is 1. The summed E-state index contributed by atoms with van der Waals surface area (Å²) in [7, 11) is 1.59. The van der Waals surface area contributed by atoms with Gasteiger partial charge in [0.15, 0.2) is 11.5 Å². The van der Waals surface area contributed by atoms with Crippen molar-refractivity contribution in [2.75, 3.05) is 13.7 Å². The highest BCUT2D eigenvalue weighted by Gasteiger charge is 2.16. The Kier molecular flexibility index (Phi) is 5.51. The Morgan fingerprint density at radius 3 is 2.93 bits per heavy atom. The van der Waals surface area contributed by atoms with Crippen LogP contribution in [0.2, 0.25) is 0 Å². The van der Waals surface area contributed by atoms with Gasteiger partial charge in [0.2, 0.25) is 0 Å². The molecule has 2 N–H and O–H groups in total. The third-order valence-corrected chi connectivity index (χ3v) is 5.25. The van der Waals surface area contributed by atoms with Crippen molar-refractivity contribution < 1.29 is 14.3 Å². The molecule has 1 heterocycles. The summed E-state index contributed by atoms with van der Waals surface area (Å²) in [5.41, 5.74) is 7.70. The third-order valence-electron chi connectivity index (χ3n) is 5.25. The van der Waals surface area contributed by atoms with Gasteiger partial charge in [-0.3, -0.25) is 4.79 Å². The summed E-state index contributed by atoms with van der Waals surface area (Å²) >= 11 is 0. The Morgan fingerprint density at radius 2 is 2.10 bits per heavy atom. The number of H-pyrrole nitrogens is 1. The normalized spacial score (nSPS) is 13.4. The maximum absolute atomic E-state index is 12.6. The van der Waals surface area contributed by atoms with E-state index in [1.54, 1.807) is 13.3 Å². The van der Waals surface area contributed by atoms with Gasteiger partial charge in [-0.15, -0.1) is 0 Å². The summed E-state index contributed by atoms with van der Waals surface area (Å²) in [5, 5.41) is 5.26. The molecule has 4 rings (SSSR count). The highest BCUT2D eigenvalue weighted by atomic mass is 16.5. The van der Waals surface area contributed by atoms with E-state index >= 15 is 0 Å². The van der Waals surface area contributed by atoms with Gasteiger partial charge in [-0.2, -0.15) is 5.10 Å². The van der Waals surface area contributed by atoms with Crippen LogP contribution >= 0.6 is 0 Å². The first-order valence-electron chi connectivity index (χ1n) is 9.98. The van der Waals surface area contributed by atoms with Crippen molar-refractivity contribution in [1.82, 2.24) is 10.4 Å². The number of aromatic amines is 1. The maximum Gasteiger partial charge on any atom is 0.271 e. The predicted molar refractivity (Wildman–Crippen MR) is 114 cm³/mol. The van der Waals surface area contributed by atoms with Gasteiger partial charge in [0.05, 0.1) is 19.9 Å². The molecule has 0 spiro atoms. The van der Waals surface area contributed by atoms with Crippen LogP contribution < -0.4 is 14.9 Å². The topological polar surface area (TPSA) is 75.7 Å². The van der Waals surface area contributed by atoms with Gasteiger partial charge in [0, 0.05) is 27.7 Å². The Morgan fingerprint density at radius 1 is 1.24 bits per heavy atom. The standard InChI is InChI=1S/C23H25N3O3/c1-3-29-22-16(7-6-10-21(22)28-2)14-24-26-23(27)15-11-12-20-18(13-15)17-8-4-5-9-19(17)25-20/h6-7,10-14,25H,3-5,8-9H2,1-2H3,(H,26,27)/b24-14+. The van der Waals surface area contributed by atoms with Gasteiger partial charge in [0.1, 0.15) is 0 Å². The van der Waals surface area contributed by atoms with E-state index in [4.69, 9.17) is 9.47 Å². The number of ether oxygens (including phenoxy) is 2. The van der Waals surface area contributed by atoms with Crippen LogP contribution in [0, 0.1) is 0 Å². The molecule has 0 radical (unpaired) electrons. The van der Waals surface area contributed by atoms with E-state index in [2.05, 4.69) is 15.5 Å². The zero-order valence-electron chi connectivity index (χ0n) is 16.7. The lowest BCUT2D eigenvalue weighted by Gasteiger charge is -2.11. The van der Waals surface area contributed by atoms with Gasteiger partial charge >= 0.3 is 0 Å². The summed E-state index contributed by atoms with van der Waals surface area (Å²) in [4.78, 5) is 16.1. The van der Waals surface area contributed by atoms with Crippen LogP contribution in [0.25, 0.3) is 10.9 Å². The number of aryl methyl sites for hydroxylation is 2. The summed E-state index contributed by atoms with van der Waals surface area (Å²) < 4.78 is 11.0. The molecule has 0 saturated heterocycles. The number of carbonyl (C=O) groups excluding carboxylic acids is 1. The average molecular weight is 391 g/mol. The highest BCUT2D eigenvalue weighted by Crippen LogP contribution is 2.31. The lowest BCUT2D eigenvalue weighted by atomic mass is 9.95. The molecule has 1 aromatic heterocycles. The Bertz CT molecular complexity index is 1070. The van der Waals surface area contributed by atoms with Crippen LogP contribution in [0.3, 0.4) is 0 Å². The second-order valence-corrected chi connectivity index (χ2v) is 7.06. The fourth-order valence-electron chi connectivity index (χ4n) is 3.87. The van der Waals surface area contributed by atoms with Crippen molar-refractivity contribution >= 4 is 23.0 Å². The second-order valence-electron chi connectivity index (χ2n) is 7.06. The van der Waals surface area contributed by atoms with Crippen molar-refractivity contribution in [3.8, 4) is 11.5 Å². The van der Waals surface area contributed by atoms with E-state index in [1.165, 1.54) is 24.1 Å². The SMILES string of the molecule is CCOc1c(/C=N/NC(=O)c2ccc3[nH]c4c(c3c2)CCCC4)cccc1OC. The van der Waals surface area contributed by atoms with E-state index in [9.17, 15) is 4.79 Å². The van der Waals surface area contributed by atoms with E-state index < -0.39 is 0 Å². The molecule has 6 heteroatoms. The molecule has 1 aliphatic rings. The molecule has 0 atom stereocenters. The molecule has 150 valence electrons. The van der Waals surface area contributed by atoms with Gasteiger partial charge in [0.25, 0.3) is 5.91 Å². The van der Waals surface area contributed by atoms with E-state index in [0.29, 0.717) is 23.7 Å². The summed E-state index contributed by atoms with van der Waals surface area (Å²) in [6.45, 7) is 2.42. The quantitative estimate of drug-likeness (QED) is 0.488. The molecule has 0 saturated carbocycles. The fourth-order valence-corrected chi connectivity index (χ4v) is 3.87. The fraction of sp³-hybridized carbons (Fsp3) is 0.304. The maximum atomic E-state index is 12.6. The van der Waals surface area contributed by atoms with Gasteiger partial charge in [-0.25, -0.2) is 5.43 Å². The minimum absolute atomic E-state index is 0.241. The monoisotopic (exact) mass is 391 g/mol. The largest absolute Gasteiger partial charge is 0.493 e. The van der Waals surface area contributed by atoms with E-state index in [-0.39, 0.29) is 5.91 Å². The van der Waals surface area contributed by atoms with Crippen molar-refractivity contribution in [2.24, 2.45) is 5.10 Å². The number of carbonyl (C=O) groups is 1. The lowest BCUT2D eigenvalue weighted by Crippen LogP contribution is -2.17. The summed E-state index contributed by atoms with van der Waals surface area (Å²) in [5.74, 6) is 0.996. The molecule has 0 bridgehead atoms. The Hall–Kier alpha value is -3.28. The van der Waals surface area contributed by atoms with Crippen LogP contribution in [0.15, 0.2) is 41.5 Å². The second kappa shape index (κ2) is 8.39. The summed E-state index contributed by atoms with van der Waals surface area (Å²) in [6.07, 6.45) is 6.13. The molecule has 2 aromatic carbocycles. The first-order chi connectivity index (χ1) is 14.2. The first-order valence-corrected chi connectivity index (χ1v) is 9.98. The van der Waals surface area contributed by atoms with Crippen LogP contribution in [0.5, 0.6) is 11.5 Å². The lowest BCUT2D eigenvalue weighted by molar-refractivity contribution is 0.0955. The van der Waals surface area contributed by atoms with Crippen LogP contribution in [0.1, 0.15) is 46.9 Å². The van der Waals surface area contributed by atoms with Crippen molar-refractivity contribution in [2.45, 2.75) is 32.6 Å². The third kappa shape index (κ3) is 3.83. The number of aromatic nitrogens is 1. The molecular formula is C23H25N3O3. The number of nitrogens with zero attached hydrogens (tertiary/aromatic N) is 1. The number of hydrogen-bond donors (Lipinski definition) is 2. The zero-order valence-corrected chi connectivity index (χ0v) is 16.7. The average Bonchev–Trinajstić information content (AvgIpc) is 3.12. The van der Waals surface area contributed by atoms with E-state index in [0.717, 1.165) is 29.3 Å². The number of benzene rings is 2. The molecule has 0 unspecified atom stereocenters.